The molecule has 4 heteroatoms. The first-order valence-corrected chi connectivity index (χ1v) is 4.12. The van der Waals surface area contributed by atoms with Crippen LogP contribution in [0.5, 0.6) is 0 Å². The molecule has 0 aromatic rings. The molecule has 1 saturated heterocycles. The first-order chi connectivity index (χ1) is 5.67. The summed E-state index contributed by atoms with van der Waals surface area (Å²) in [4.78, 5) is 2.12. The van der Waals surface area contributed by atoms with Crippen LogP contribution in [0.15, 0.2) is 0 Å². The van der Waals surface area contributed by atoms with Crippen molar-refractivity contribution in [1.82, 2.24) is 4.90 Å². The van der Waals surface area contributed by atoms with E-state index in [1.165, 1.54) is 0 Å². The zero-order chi connectivity index (χ0) is 9.19. The lowest BCUT2D eigenvalue weighted by molar-refractivity contribution is -0.282. The Morgan fingerprint density at radius 2 is 1.92 bits per heavy atom. The minimum Gasteiger partial charge on any atom is -0.395 e. The predicted molar refractivity (Wildman–Crippen MR) is 44.9 cm³/mol. The normalized spacial score (nSPS) is 25.0. The van der Waals surface area contributed by atoms with Crippen LogP contribution in [0, 0.1) is 0 Å². The summed E-state index contributed by atoms with van der Waals surface area (Å²) >= 11 is 0. The van der Waals surface area contributed by atoms with E-state index >= 15 is 0 Å². The van der Waals surface area contributed by atoms with Crippen molar-refractivity contribution in [3.63, 3.8) is 0 Å². The Hall–Kier alpha value is -0.160. The molecular formula is C8H17NO3. The fraction of sp³-hybridized carbons (Fsp3) is 1.00. The van der Waals surface area contributed by atoms with E-state index in [1.807, 2.05) is 6.92 Å². The van der Waals surface area contributed by atoms with Gasteiger partial charge in [-0.1, -0.05) is 0 Å². The highest BCUT2D eigenvalue weighted by atomic mass is 16.7. The first-order valence-electron chi connectivity index (χ1n) is 4.12. The Bertz CT molecular complexity index is 139. The van der Waals surface area contributed by atoms with Gasteiger partial charge in [0.2, 0.25) is 0 Å². The lowest BCUT2D eigenvalue weighted by atomic mass is 10.1. The molecule has 1 atom stereocenters. The van der Waals surface area contributed by atoms with Crippen molar-refractivity contribution in [2.45, 2.75) is 18.8 Å². The summed E-state index contributed by atoms with van der Waals surface area (Å²) < 4.78 is 10.4. The second-order valence-electron chi connectivity index (χ2n) is 3.26. The third-order valence-corrected chi connectivity index (χ3v) is 2.52. The Morgan fingerprint density at radius 3 is 2.25 bits per heavy atom. The summed E-state index contributed by atoms with van der Waals surface area (Å²) in [6, 6.07) is 0.198. The van der Waals surface area contributed by atoms with Gasteiger partial charge >= 0.3 is 0 Å². The highest BCUT2D eigenvalue weighted by molar-refractivity contribution is 4.91. The molecule has 1 aliphatic heterocycles. The minimum atomic E-state index is -0.427. The molecule has 0 radical (unpaired) electrons. The van der Waals surface area contributed by atoms with Crippen molar-refractivity contribution in [2.24, 2.45) is 0 Å². The predicted octanol–water partition coefficient (Wildman–Crippen LogP) is -0.328. The molecule has 1 fully saturated rings. The molecule has 1 unspecified atom stereocenters. The number of aliphatic hydroxyl groups excluding tert-OH is 1. The average Bonchev–Trinajstić information content (AvgIpc) is 2.04. The highest BCUT2D eigenvalue weighted by Gasteiger charge is 2.45. The maximum atomic E-state index is 8.86. The molecular weight excluding hydrogens is 158 g/mol. The molecule has 72 valence electrons. The highest BCUT2D eigenvalue weighted by Crippen LogP contribution is 2.26. The van der Waals surface area contributed by atoms with Crippen LogP contribution < -0.4 is 0 Å². The van der Waals surface area contributed by atoms with Crippen LogP contribution in [-0.4, -0.2) is 55.8 Å². The van der Waals surface area contributed by atoms with Gasteiger partial charge in [0.1, 0.15) is 0 Å². The zero-order valence-electron chi connectivity index (χ0n) is 7.91. The molecule has 0 aromatic carbocycles. The van der Waals surface area contributed by atoms with E-state index in [9.17, 15) is 0 Å². The first kappa shape index (κ1) is 9.92. The molecule has 0 saturated carbocycles. The Balaban J connectivity index is 2.34. The fourth-order valence-corrected chi connectivity index (χ4v) is 1.34. The van der Waals surface area contributed by atoms with Crippen LogP contribution in [0.25, 0.3) is 0 Å². The summed E-state index contributed by atoms with van der Waals surface area (Å²) in [6.07, 6.45) is 0. The fourth-order valence-electron chi connectivity index (χ4n) is 1.34. The number of ether oxygens (including phenoxy) is 2. The van der Waals surface area contributed by atoms with Crippen LogP contribution in [0.1, 0.15) is 6.92 Å². The van der Waals surface area contributed by atoms with Gasteiger partial charge in [-0.25, -0.2) is 0 Å². The lowest BCUT2D eigenvalue weighted by Crippen LogP contribution is -2.66. The third-order valence-electron chi connectivity index (χ3n) is 2.52. The Kier molecular flexibility index (Phi) is 3.06. The zero-order valence-corrected chi connectivity index (χ0v) is 7.91. The third kappa shape index (κ3) is 1.61. The van der Waals surface area contributed by atoms with Crippen molar-refractivity contribution in [2.75, 3.05) is 33.9 Å². The maximum Gasteiger partial charge on any atom is 0.193 e. The summed E-state index contributed by atoms with van der Waals surface area (Å²) in [6.45, 7) is 3.64. The van der Waals surface area contributed by atoms with Gasteiger partial charge in [-0.15, -0.1) is 0 Å². The van der Waals surface area contributed by atoms with E-state index in [4.69, 9.17) is 14.6 Å². The molecule has 0 bridgehead atoms. The Morgan fingerprint density at radius 1 is 1.42 bits per heavy atom. The number of aliphatic hydroxyl groups is 1. The second kappa shape index (κ2) is 3.70. The molecule has 12 heavy (non-hydrogen) atoms. The van der Waals surface area contributed by atoms with Crippen LogP contribution in [0.2, 0.25) is 0 Å². The van der Waals surface area contributed by atoms with Crippen molar-refractivity contribution in [3.8, 4) is 0 Å². The standard InChI is InChI=1S/C8H17NO3/c1-7(4-10)9-5-8(6-9,11-2)12-3/h7,10H,4-6H2,1-3H3. The SMILES string of the molecule is COC1(OC)CN(C(C)CO)C1. The maximum absolute atomic E-state index is 8.86. The largest absolute Gasteiger partial charge is 0.395 e. The summed E-state index contributed by atoms with van der Waals surface area (Å²) in [5.41, 5.74) is 0. The molecule has 1 heterocycles. The monoisotopic (exact) mass is 175 g/mol. The quantitative estimate of drug-likeness (QED) is 0.594. The van der Waals surface area contributed by atoms with E-state index in [-0.39, 0.29) is 12.6 Å². The van der Waals surface area contributed by atoms with E-state index in [0.29, 0.717) is 0 Å². The van der Waals surface area contributed by atoms with E-state index in [1.54, 1.807) is 14.2 Å². The molecule has 4 nitrogen and oxygen atoms in total. The van der Waals surface area contributed by atoms with Gasteiger partial charge in [0.05, 0.1) is 19.7 Å². The smallest absolute Gasteiger partial charge is 0.193 e. The molecule has 0 aromatic heterocycles. The van der Waals surface area contributed by atoms with Gasteiger partial charge in [0.25, 0.3) is 0 Å². The lowest BCUT2D eigenvalue weighted by Gasteiger charge is -2.49. The van der Waals surface area contributed by atoms with E-state index in [2.05, 4.69) is 4.90 Å². The number of nitrogens with zero attached hydrogens (tertiary/aromatic N) is 1. The molecule has 1 rings (SSSR count). The van der Waals surface area contributed by atoms with Gasteiger partial charge in [0, 0.05) is 20.3 Å². The van der Waals surface area contributed by atoms with Crippen molar-refractivity contribution in [1.29, 1.82) is 0 Å². The average molecular weight is 175 g/mol. The van der Waals surface area contributed by atoms with E-state index < -0.39 is 5.79 Å². The van der Waals surface area contributed by atoms with Gasteiger partial charge < -0.3 is 14.6 Å². The number of rotatable bonds is 4. The van der Waals surface area contributed by atoms with Crippen LogP contribution >= 0.6 is 0 Å². The van der Waals surface area contributed by atoms with Crippen LogP contribution in [-0.2, 0) is 9.47 Å². The number of hydrogen-bond acceptors (Lipinski definition) is 4. The molecule has 0 spiro atoms. The number of methoxy groups -OCH3 is 2. The number of hydrogen-bond donors (Lipinski definition) is 1. The Labute approximate surface area is 73.1 Å². The topological polar surface area (TPSA) is 41.9 Å². The van der Waals surface area contributed by atoms with Crippen molar-refractivity contribution in [3.05, 3.63) is 0 Å². The molecule has 0 amide bonds. The molecule has 1 N–H and O–H groups in total. The second-order valence-corrected chi connectivity index (χ2v) is 3.26. The van der Waals surface area contributed by atoms with Gasteiger partial charge in [-0.05, 0) is 6.92 Å². The number of likely N-dealkylation sites (tertiary alicyclic amines) is 1. The van der Waals surface area contributed by atoms with Crippen molar-refractivity contribution < 1.29 is 14.6 Å². The van der Waals surface area contributed by atoms with Gasteiger partial charge in [-0.3, -0.25) is 4.90 Å². The van der Waals surface area contributed by atoms with Crippen LogP contribution in [0.3, 0.4) is 0 Å². The van der Waals surface area contributed by atoms with Crippen LogP contribution in [0.4, 0.5) is 0 Å². The summed E-state index contributed by atoms with van der Waals surface area (Å²) in [5, 5.41) is 8.86. The summed E-state index contributed by atoms with van der Waals surface area (Å²) in [7, 11) is 3.29. The van der Waals surface area contributed by atoms with Gasteiger partial charge in [-0.2, -0.15) is 0 Å². The summed E-state index contributed by atoms with van der Waals surface area (Å²) in [5.74, 6) is -0.427. The van der Waals surface area contributed by atoms with Gasteiger partial charge in [0.15, 0.2) is 5.79 Å². The van der Waals surface area contributed by atoms with E-state index in [0.717, 1.165) is 13.1 Å². The minimum absolute atomic E-state index is 0.184. The van der Waals surface area contributed by atoms with Crippen molar-refractivity contribution >= 4 is 0 Å². The molecule has 0 aliphatic carbocycles. The molecule has 1 aliphatic rings.